The maximum absolute atomic E-state index is 13.1. The molecule has 1 rings (SSSR count). The highest BCUT2D eigenvalue weighted by atomic mass is 32.2. The van der Waals surface area contributed by atoms with Gasteiger partial charge in [-0.2, -0.15) is 0 Å². The van der Waals surface area contributed by atoms with Gasteiger partial charge in [-0.15, -0.1) is 0 Å². The van der Waals surface area contributed by atoms with Crippen molar-refractivity contribution in [3.8, 4) is 0 Å². The maximum atomic E-state index is 13.1. The lowest BCUT2D eigenvalue weighted by Crippen LogP contribution is -2.07. The third-order valence-corrected chi connectivity index (χ3v) is 2.72. The second-order valence-corrected chi connectivity index (χ2v) is 5.76. The van der Waals surface area contributed by atoms with Crippen LogP contribution in [0.25, 0.3) is 0 Å². The molecule has 1 aromatic carbocycles. The molecule has 86 valence electrons. The summed E-state index contributed by atoms with van der Waals surface area (Å²) in [5.74, 6) is -9.42. The summed E-state index contributed by atoms with van der Waals surface area (Å²) >= 11 is 0. The van der Waals surface area contributed by atoms with Crippen molar-refractivity contribution in [1.82, 2.24) is 0 Å². The van der Waals surface area contributed by atoms with E-state index >= 15 is 0 Å². The molecule has 0 fully saturated rings. The van der Waals surface area contributed by atoms with Crippen LogP contribution in [0.3, 0.4) is 0 Å². The van der Waals surface area contributed by atoms with Crippen molar-refractivity contribution < 1.29 is 22.0 Å². The van der Waals surface area contributed by atoms with Crippen LogP contribution >= 0.6 is 10.9 Å². The molecule has 0 saturated carbocycles. The molecule has 0 aromatic heterocycles. The van der Waals surface area contributed by atoms with Gasteiger partial charge >= 0.3 is 0 Å². The van der Waals surface area contributed by atoms with E-state index < -0.39 is 45.5 Å². The highest BCUT2D eigenvalue weighted by Gasteiger charge is 2.25. The van der Waals surface area contributed by atoms with Gasteiger partial charge in [-0.05, 0) is 12.5 Å². The van der Waals surface area contributed by atoms with Crippen molar-refractivity contribution in [2.45, 2.75) is 5.75 Å². The molecule has 0 unspecified atom stereocenters. The van der Waals surface area contributed by atoms with E-state index in [1.807, 2.05) is 0 Å². The summed E-state index contributed by atoms with van der Waals surface area (Å²) in [6.45, 7) is 0. The van der Waals surface area contributed by atoms with E-state index in [2.05, 4.69) is 0 Å². The molecule has 6 heteroatoms. The van der Waals surface area contributed by atoms with Crippen LogP contribution in [0, 0.1) is 29.1 Å². The Hall–Kier alpha value is -0.780. The van der Waals surface area contributed by atoms with E-state index in [9.17, 15) is 22.0 Å². The molecular weight excluding hydrogens is 235 g/mol. The SMILES string of the molecule is C[SH](C)Cc1c(F)c(F)c(F)c(F)c1F. The van der Waals surface area contributed by atoms with Crippen molar-refractivity contribution in [2.75, 3.05) is 12.5 Å². The van der Waals surface area contributed by atoms with Crippen LogP contribution in [-0.2, 0) is 5.75 Å². The minimum atomic E-state index is -2.11. The van der Waals surface area contributed by atoms with Gasteiger partial charge in [0, 0.05) is 11.3 Å². The molecule has 15 heavy (non-hydrogen) atoms. The zero-order valence-electron chi connectivity index (χ0n) is 8.04. The Balaban J connectivity index is 3.39. The summed E-state index contributed by atoms with van der Waals surface area (Å²) in [6, 6.07) is 0. The van der Waals surface area contributed by atoms with Crippen LogP contribution in [0.4, 0.5) is 22.0 Å². The van der Waals surface area contributed by atoms with Crippen LogP contribution in [0.15, 0.2) is 0 Å². The molecule has 0 spiro atoms. The second kappa shape index (κ2) is 4.38. The Labute approximate surface area is 86.4 Å². The number of benzene rings is 1. The van der Waals surface area contributed by atoms with Crippen molar-refractivity contribution in [3.63, 3.8) is 0 Å². The second-order valence-electron chi connectivity index (χ2n) is 3.29. The Morgan fingerprint density at radius 1 is 0.733 bits per heavy atom. The van der Waals surface area contributed by atoms with Crippen LogP contribution in [0.1, 0.15) is 5.56 Å². The van der Waals surface area contributed by atoms with Crippen LogP contribution in [0.5, 0.6) is 0 Å². The van der Waals surface area contributed by atoms with E-state index in [0.717, 1.165) is 0 Å². The minimum absolute atomic E-state index is 0.124. The van der Waals surface area contributed by atoms with Gasteiger partial charge in [0.2, 0.25) is 5.82 Å². The smallest absolute Gasteiger partial charge is 0.200 e. The highest BCUT2D eigenvalue weighted by molar-refractivity contribution is 8.15. The average Bonchev–Trinajstić information content (AvgIpc) is 2.18. The third-order valence-electron chi connectivity index (χ3n) is 1.78. The van der Waals surface area contributed by atoms with Gasteiger partial charge in [0.15, 0.2) is 23.3 Å². The lowest BCUT2D eigenvalue weighted by atomic mass is 10.2. The molecule has 0 atom stereocenters. The summed E-state index contributed by atoms with van der Waals surface area (Å²) in [5, 5.41) is 0. The number of halogens is 5. The fourth-order valence-corrected chi connectivity index (χ4v) is 2.02. The van der Waals surface area contributed by atoms with Gasteiger partial charge in [0.25, 0.3) is 0 Å². The summed E-state index contributed by atoms with van der Waals surface area (Å²) in [4.78, 5) is 0. The molecule has 1 aromatic rings. The van der Waals surface area contributed by atoms with Gasteiger partial charge in [-0.1, -0.05) is 0 Å². The van der Waals surface area contributed by atoms with Crippen LogP contribution < -0.4 is 0 Å². The standard InChI is InChI=1S/C9H9F5S/c1-15(2)3-4-5(10)7(12)9(14)8(13)6(4)11/h15H,3H2,1-2H3. The summed E-state index contributed by atoms with van der Waals surface area (Å²) < 4.78 is 64.1. The number of hydrogen-bond donors (Lipinski definition) is 1. The van der Waals surface area contributed by atoms with E-state index in [0.29, 0.717) is 0 Å². The number of thiol groups is 1. The summed E-state index contributed by atoms with van der Waals surface area (Å²) in [7, 11) is -0.779. The normalized spacial score (nSPS) is 11.8. The zero-order chi connectivity index (χ0) is 11.7. The Morgan fingerprint density at radius 2 is 1.07 bits per heavy atom. The molecule has 0 N–H and O–H groups in total. The van der Waals surface area contributed by atoms with Crippen molar-refractivity contribution in [2.24, 2.45) is 0 Å². The summed E-state index contributed by atoms with van der Waals surface area (Å²) in [5.41, 5.74) is -0.720. The van der Waals surface area contributed by atoms with Gasteiger partial charge in [-0.25, -0.2) is 22.0 Å². The molecule has 0 heterocycles. The van der Waals surface area contributed by atoms with Crippen molar-refractivity contribution in [3.05, 3.63) is 34.6 Å². The highest BCUT2D eigenvalue weighted by Crippen LogP contribution is 2.29. The molecule has 0 nitrogen and oxygen atoms in total. The van der Waals surface area contributed by atoms with Gasteiger partial charge < -0.3 is 0 Å². The predicted molar refractivity (Wildman–Crippen MR) is 50.8 cm³/mol. The third kappa shape index (κ3) is 2.25. The minimum Gasteiger partial charge on any atom is -0.255 e. The maximum Gasteiger partial charge on any atom is 0.200 e. The largest absolute Gasteiger partial charge is 0.255 e. The topological polar surface area (TPSA) is 0 Å². The quantitative estimate of drug-likeness (QED) is 0.351. The Morgan fingerprint density at radius 3 is 1.40 bits per heavy atom. The molecule has 0 radical (unpaired) electrons. The van der Waals surface area contributed by atoms with Gasteiger partial charge in [0.1, 0.15) is 0 Å². The average molecular weight is 244 g/mol. The predicted octanol–water partition coefficient (Wildman–Crippen LogP) is 3.14. The van der Waals surface area contributed by atoms with Crippen LogP contribution in [-0.4, -0.2) is 12.5 Å². The van der Waals surface area contributed by atoms with E-state index in [1.165, 1.54) is 0 Å². The summed E-state index contributed by atoms with van der Waals surface area (Å²) in [6.07, 6.45) is 3.38. The van der Waals surface area contributed by atoms with E-state index in [-0.39, 0.29) is 5.75 Å². The first-order valence-electron chi connectivity index (χ1n) is 4.01. The van der Waals surface area contributed by atoms with Gasteiger partial charge in [-0.3, -0.25) is 10.9 Å². The molecule has 0 amide bonds. The molecule has 0 aliphatic rings. The van der Waals surface area contributed by atoms with Gasteiger partial charge in [0.05, 0.1) is 0 Å². The van der Waals surface area contributed by atoms with E-state index in [1.54, 1.807) is 12.5 Å². The Bertz CT molecular complexity index is 360. The first-order valence-corrected chi connectivity index (χ1v) is 6.43. The first-order chi connectivity index (χ1) is 6.86. The molecule has 0 aliphatic carbocycles. The van der Waals surface area contributed by atoms with Crippen molar-refractivity contribution >= 4 is 10.9 Å². The molecule has 0 aliphatic heterocycles. The monoisotopic (exact) mass is 244 g/mol. The Kier molecular flexibility index (Phi) is 3.59. The van der Waals surface area contributed by atoms with Crippen LogP contribution in [0.2, 0.25) is 0 Å². The lowest BCUT2D eigenvalue weighted by molar-refractivity contribution is 0.372. The molecular formula is C9H9F5S. The number of rotatable bonds is 2. The number of hydrogen-bond acceptors (Lipinski definition) is 0. The molecule has 0 saturated heterocycles. The molecule has 0 bridgehead atoms. The zero-order valence-corrected chi connectivity index (χ0v) is 8.94. The fraction of sp³-hybridized carbons (Fsp3) is 0.333. The fourth-order valence-electron chi connectivity index (χ4n) is 1.11. The van der Waals surface area contributed by atoms with E-state index in [4.69, 9.17) is 0 Å². The van der Waals surface area contributed by atoms with Crippen molar-refractivity contribution in [1.29, 1.82) is 0 Å². The first kappa shape index (κ1) is 12.3. The lowest BCUT2D eigenvalue weighted by Gasteiger charge is -2.12.